The van der Waals surface area contributed by atoms with Gasteiger partial charge < -0.3 is 15.4 Å². The van der Waals surface area contributed by atoms with Crippen LogP contribution in [0.2, 0.25) is 0 Å². The Labute approximate surface area is 108 Å². The second-order valence-electron chi connectivity index (χ2n) is 4.51. The fraction of sp³-hybridized carbons (Fsp3) is 0.500. The van der Waals surface area contributed by atoms with Crippen LogP contribution in [0.5, 0.6) is 5.75 Å². The minimum absolute atomic E-state index is 0.0906. The second-order valence-corrected chi connectivity index (χ2v) is 4.51. The minimum atomic E-state index is 0.0906. The highest BCUT2D eigenvalue weighted by Gasteiger charge is 2.16. The van der Waals surface area contributed by atoms with Crippen molar-refractivity contribution >= 4 is 5.91 Å². The van der Waals surface area contributed by atoms with Gasteiger partial charge in [-0.25, -0.2) is 0 Å². The van der Waals surface area contributed by atoms with Crippen LogP contribution in [0.25, 0.3) is 0 Å². The van der Waals surface area contributed by atoms with Gasteiger partial charge in [0.25, 0.3) is 0 Å². The predicted molar refractivity (Wildman–Crippen MR) is 70.7 cm³/mol. The van der Waals surface area contributed by atoms with E-state index in [9.17, 15) is 4.79 Å². The molecular formula is C14H20N2O2. The van der Waals surface area contributed by atoms with E-state index in [2.05, 4.69) is 10.6 Å². The van der Waals surface area contributed by atoms with Crippen molar-refractivity contribution in [2.75, 3.05) is 19.7 Å². The lowest BCUT2D eigenvalue weighted by atomic mass is 10.1. The van der Waals surface area contributed by atoms with Gasteiger partial charge in [0.15, 0.2) is 0 Å². The third-order valence-corrected chi connectivity index (χ3v) is 3.02. The Morgan fingerprint density at radius 1 is 1.44 bits per heavy atom. The van der Waals surface area contributed by atoms with E-state index in [1.54, 1.807) is 0 Å². The zero-order chi connectivity index (χ0) is 12.8. The summed E-state index contributed by atoms with van der Waals surface area (Å²) in [6, 6.07) is 7.99. The average Bonchev–Trinajstić information content (AvgIpc) is 2.84. The molecule has 1 aliphatic rings. The second kappa shape index (κ2) is 6.40. The first-order valence-electron chi connectivity index (χ1n) is 6.49. The summed E-state index contributed by atoms with van der Waals surface area (Å²) in [4.78, 5) is 11.8. The molecule has 1 amide bonds. The van der Waals surface area contributed by atoms with Crippen molar-refractivity contribution in [2.45, 2.75) is 25.8 Å². The number of rotatable bonds is 5. The van der Waals surface area contributed by atoms with E-state index in [0.717, 1.165) is 30.8 Å². The molecule has 0 aromatic heterocycles. The number of carbonyl (C=O) groups is 1. The van der Waals surface area contributed by atoms with Gasteiger partial charge in [-0.3, -0.25) is 4.79 Å². The van der Waals surface area contributed by atoms with Gasteiger partial charge in [-0.2, -0.15) is 0 Å². The lowest BCUT2D eigenvalue weighted by Crippen LogP contribution is -2.37. The lowest BCUT2D eigenvalue weighted by molar-refractivity contribution is -0.121. The monoisotopic (exact) mass is 248 g/mol. The van der Waals surface area contributed by atoms with Crippen LogP contribution in [-0.4, -0.2) is 31.6 Å². The van der Waals surface area contributed by atoms with Crippen molar-refractivity contribution in [1.29, 1.82) is 0 Å². The van der Waals surface area contributed by atoms with Crippen molar-refractivity contribution < 1.29 is 9.53 Å². The van der Waals surface area contributed by atoms with Crippen LogP contribution >= 0.6 is 0 Å². The molecule has 1 atom stereocenters. The summed E-state index contributed by atoms with van der Waals surface area (Å²) >= 11 is 0. The fourth-order valence-electron chi connectivity index (χ4n) is 2.11. The summed E-state index contributed by atoms with van der Waals surface area (Å²) in [6.45, 7) is 4.49. The molecule has 0 aliphatic carbocycles. The Hall–Kier alpha value is -1.55. The van der Waals surface area contributed by atoms with Crippen molar-refractivity contribution in [1.82, 2.24) is 10.6 Å². The molecule has 1 heterocycles. The van der Waals surface area contributed by atoms with E-state index < -0.39 is 0 Å². The quantitative estimate of drug-likeness (QED) is 0.820. The molecule has 1 fully saturated rings. The van der Waals surface area contributed by atoms with E-state index >= 15 is 0 Å². The summed E-state index contributed by atoms with van der Waals surface area (Å²) in [6.07, 6.45) is 1.46. The molecule has 0 radical (unpaired) electrons. The molecule has 18 heavy (non-hydrogen) atoms. The smallest absolute Gasteiger partial charge is 0.224 e. The number of benzene rings is 1. The van der Waals surface area contributed by atoms with E-state index in [0.29, 0.717) is 19.1 Å². The van der Waals surface area contributed by atoms with Crippen molar-refractivity contribution in [3.63, 3.8) is 0 Å². The number of hydrogen-bond acceptors (Lipinski definition) is 3. The van der Waals surface area contributed by atoms with Gasteiger partial charge in [-0.05, 0) is 37.6 Å². The van der Waals surface area contributed by atoms with Gasteiger partial charge in [0.2, 0.25) is 5.91 Å². The van der Waals surface area contributed by atoms with Crippen LogP contribution in [0.4, 0.5) is 0 Å². The molecule has 98 valence electrons. The van der Waals surface area contributed by atoms with Crippen LogP contribution in [0.1, 0.15) is 18.9 Å². The van der Waals surface area contributed by atoms with Crippen molar-refractivity contribution in [3.8, 4) is 5.75 Å². The van der Waals surface area contributed by atoms with E-state index in [1.807, 2.05) is 31.2 Å². The normalized spacial score (nSPS) is 18.6. The van der Waals surface area contributed by atoms with Gasteiger partial charge in [-0.15, -0.1) is 0 Å². The number of amides is 1. The first-order chi connectivity index (χ1) is 8.78. The van der Waals surface area contributed by atoms with Gasteiger partial charge in [0.05, 0.1) is 13.0 Å². The molecule has 0 spiro atoms. The fourth-order valence-corrected chi connectivity index (χ4v) is 2.11. The number of hydrogen-bond donors (Lipinski definition) is 2. The average molecular weight is 248 g/mol. The Kier molecular flexibility index (Phi) is 4.59. The maximum atomic E-state index is 11.8. The highest BCUT2D eigenvalue weighted by atomic mass is 16.5. The van der Waals surface area contributed by atoms with Crippen molar-refractivity contribution in [3.05, 3.63) is 29.8 Å². The molecule has 1 aromatic carbocycles. The van der Waals surface area contributed by atoms with E-state index in [-0.39, 0.29) is 5.91 Å². The summed E-state index contributed by atoms with van der Waals surface area (Å²) in [5.74, 6) is 0.939. The molecule has 2 N–H and O–H groups in total. The van der Waals surface area contributed by atoms with Crippen LogP contribution in [0, 0.1) is 0 Å². The predicted octanol–water partition coefficient (Wildman–Crippen LogP) is 1.11. The van der Waals surface area contributed by atoms with Gasteiger partial charge in [0.1, 0.15) is 5.75 Å². The van der Waals surface area contributed by atoms with Gasteiger partial charge >= 0.3 is 0 Å². The lowest BCUT2D eigenvalue weighted by Gasteiger charge is -2.11. The molecule has 0 bridgehead atoms. The van der Waals surface area contributed by atoms with Crippen molar-refractivity contribution in [2.24, 2.45) is 0 Å². The van der Waals surface area contributed by atoms with E-state index in [4.69, 9.17) is 4.74 Å². The van der Waals surface area contributed by atoms with Gasteiger partial charge in [0, 0.05) is 12.6 Å². The van der Waals surface area contributed by atoms with Crippen LogP contribution in [0.15, 0.2) is 24.3 Å². The third kappa shape index (κ3) is 3.74. The van der Waals surface area contributed by atoms with Gasteiger partial charge in [-0.1, -0.05) is 12.1 Å². The highest BCUT2D eigenvalue weighted by Crippen LogP contribution is 2.12. The molecule has 1 aromatic rings. The Bertz CT molecular complexity index is 383. The molecule has 1 unspecified atom stereocenters. The topological polar surface area (TPSA) is 50.4 Å². The molecule has 1 aliphatic heterocycles. The number of carbonyl (C=O) groups excluding carboxylic acids is 1. The summed E-state index contributed by atoms with van der Waals surface area (Å²) in [5, 5.41) is 6.27. The largest absolute Gasteiger partial charge is 0.494 e. The summed E-state index contributed by atoms with van der Waals surface area (Å²) in [7, 11) is 0. The first kappa shape index (κ1) is 12.9. The third-order valence-electron chi connectivity index (χ3n) is 3.02. The SMILES string of the molecule is CCOc1ccc(CC(=O)NC2CCNC2)cc1. The molecule has 4 heteroatoms. The van der Waals surface area contributed by atoms with E-state index in [1.165, 1.54) is 0 Å². The number of nitrogens with one attached hydrogen (secondary N) is 2. The zero-order valence-corrected chi connectivity index (χ0v) is 10.7. The first-order valence-corrected chi connectivity index (χ1v) is 6.49. The number of ether oxygens (including phenoxy) is 1. The Balaban J connectivity index is 1.82. The highest BCUT2D eigenvalue weighted by molar-refractivity contribution is 5.78. The Morgan fingerprint density at radius 2 is 2.22 bits per heavy atom. The Morgan fingerprint density at radius 3 is 2.83 bits per heavy atom. The minimum Gasteiger partial charge on any atom is -0.494 e. The maximum Gasteiger partial charge on any atom is 0.224 e. The molecule has 1 saturated heterocycles. The zero-order valence-electron chi connectivity index (χ0n) is 10.7. The maximum absolute atomic E-state index is 11.8. The standard InChI is InChI=1S/C14H20N2O2/c1-2-18-13-5-3-11(4-6-13)9-14(17)16-12-7-8-15-10-12/h3-6,12,15H,2,7-10H2,1H3,(H,16,17). The van der Waals surface area contributed by atoms with Crippen LogP contribution in [0.3, 0.4) is 0 Å². The summed E-state index contributed by atoms with van der Waals surface area (Å²) < 4.78 is 5.36. The molecule has 0 saturated carbocycles. The molecule has 4 nitrogen and oxygen atoms in total. The van der Waals surface area contributed by atoms with Crippen LogP contribution in [-0.2, 0) is 11.2 Å². The summed E-state index contributed by atoms with van der Waals surface area (Å²) in [5.41, 5.74) is 1.02. The molecule has 2 rings (SSSR count). The molecular weight excluding hydrogens is 228 g/mol. The van der Waals surface area contributed by atoms with Crippen LogP contribution < -0.4 is 15.4 Å².